The Labute approximate surface area is 176 Å². The minimum atomic E-state index is -1.05. The summed E-state index contributed by atoms with van der Waals surface area (Å²) < 4.78 is 19.2. The highest BCUT2D eigenvalue weighted by atomic mass is 16.8. The average molecular weight is 417 g/mol. The van der Waals surface area contributed by atoms with Crippen LogP contribution in [-0.2, 0) is 19.0 Å². The molecule has 3 aliphatic carbocycles. The van der Waals surface area contributed by atoms with Crippen LogP contribution >= 0.6 is 0 Å². The van der Waals surface area contributed by atoms with Crippen molar-refractivity contribution < 1.29 is 29.2 Å². The third-order valence-electron chi connectivity index (χ3n) is 10.7. The summed E-state index contributed by atoms with van der Waals surface area (Å²) in [5.74, 6) is -0.908. The highest BCUT2D eigenvalue weighted by Gasteiger charge is 2.92. The van der Waals surface area contributed by atoms with Crippen LogP contribution < -0.4 is 0 Å². The van der Waals surface area contributed by atoms with E-state index in [0.717, 1.165) is 19.3 Å². The molecule has 2 saturated carbocycles. The number of esters is 1. The van der Waals surface area contributed by atoms with E-state index in [-0.39, 0.29) is 65.0 Å². The summed E-state index contributed by atoms with van der Waals surface area (Å²) in [4.78, 5) is 13.5. The Kier molecular flexibility index (Phi) is 3.20. The molecule has 0 aromatic heterocycles. The molecule has 6 fully saturated rings. The van der Waals surface area contributed by atoms with Gasteiger partial charge in [0.25, 0.3) is 0 Å². The molecule has 0 aromatic rings. The first kappa shape index (κ1) is 18.6. The summed E-state index contributed by atoms with van der Waals surface area (Å²) in [7, 11) is 0. The Morgan fingerprint density at radius 2 is 1.90 bits per heavy atom. The lowest BCUT2D eigenvalue weighted by molar-refractivity contribution is -0.232. The molecule has 6 heteroatoms. The molecule has 4 heterocycles. The molecule has 7 aliphatic rings. The van der Waals surface area contributed by atoms with Gasteiger partial charge < -0.3 is 24.4 Å². The number of allylic oxidation sites excluding steroid dienone is 1. The van der Waals surface area contributed by atoms with E-state index in [1.54, 1.807) is 0 Å². The van der Waals surface area contributed by atoms with Crippen molar-refractivity contribution in [2.75, 3.05) is 0 Å². The first-order valence-corrected chi connectivity index (χ1v) is 11.8. The maximum Gasteiger partial charge on any atom is 0.344 e. The van der Waals surface area contributed by atoms with Gasteiger partial charge in [0.05, 0.1) is 23.7 Å². The van der Waals surface area contributed by atoms with Crippen LogP contribution in [0.5, 0.6) is 0 Å². The van der Waals surface area contributed by atoms with E-state index in [9.17, 15) is 15.0 Å². The molecule has 0 amide bonds. The number of carbonyl (C=O) groups excluding carboxylic acids is 1. The van der Waals surface area contributed by atoms with E-state index in [1.165, 1.54) is 5.57 Å². The topological polar surface area (TPSA) is 88.5 Å². The number of fused-ring (bicyclic) bond motifs is 8. The van der Waals surface area contributed by atoms with Gasteiger partial charge in [-0.2, -0.15) is 0 Å². The zero-order chi connectivity index (χ0) is 21.0. The molecular weight excluding hydrogens is 384 g/mol. The number of hydrogen-bond donors (Lipinski definition) is 2. The van der Waals surface area contributed by atoms with E-state index >= 15 is 0 Å². The van der Waals surface area contributed by atoms with Gasteiger partial charge in [-0.25, -0.2) is 4.79 Å². The van der Waals surface area contributed by atoms with Crippen molar-refractivity contribution in [3.05, 3.63) is 11.6 Å². The Balaban J connectivity index is 1.43. The fourth-order valence-electron chi connectivity index (χ4n) is 9.18. The molecule has 7 rings (SSSR count). The van der Waals surface area contributed by atoms with Gasteiger partial charge in [-0.15, -0.1) is 0 Å². The number of carbonyl (C=O) groups is 1. The van der Waals surface area contributed by atoms with Crippen LogP contribution in [-0.4, -0.2) is 51.5 Å². The summed E-state index contributed by atoms with van der Waals surface area (Å²) in [5.41, 5.74) is -0.119. The van der Waals surface area contributed by atoms with Crippen molar-refractivity contribution in [3.8, 4) is 0 Å². The number of epoxide rings is 1. The lowest BCUT2D eigenvalue weighted by Gasteiger charge is -2.50. The Morgan fingerprint density at radius 1 is 1.13 bits per heavy atom. The van der Waals surface area contributed by atoms with E-state index in [0.29, 0.717) is 0 Å². The standard InChI is InChI=1S/C24H32O6/c1-9-7-13-17(20(26)10(2)19(13)25)16-12(9)8-14-18(16)23-21(27)28-15-5-6-22(14,4)29-24(23,30-23)11(15)3/h7,10-20,25-26H,5-6,8H2,1-4H3/t10-,11+,12-,13+,14+,15?,16-,17-,18+,19-,20+,22?,23+,24-/m0/s1. The highest BCUT2D eigenvalue weighted by Crippen LogP contribution is 2.77. The van der Waals surface area contributed by atoms with Gasteiger partial charge in [-0.05, 0) is 56.8 Å². The van der Waals surface area contributed by atoms with Crippen LogP contribution in [0.3, 0.4) is 0 Å². The second-order valence-corrected chi connectivity index (χ2v) is 11.6. The van der Waals surface area contributed by atoms with Gasteiger partial charge in [0, 0.05) is 17.8 Å². The van der Waals surface area contributed by atoms with E-state index in [2.05, 4.69) is 26.8 Å². The van der Waals surface area contributed by atoms with Gasteiger partial charge in [0.15, 0.2) is 0 Å². The van der Waals surface area contributed by atoms with Crippen LogP contribution in [0.2, 0.25) is 0 Å². The summed E-state index contributed by atoms with van der Waals surface area (Å²) >= 11 is 0. The molecular formula is C24H32O6. The minimum absolute atomic E-state index is 0.00562. The molecule has 6 nitrogen and oxygen atoms in total. The summed E-state index contributed by atoms with van der Waals surface area (Å²) in [6.45, 7) is 8.41. The van der Waals surface area contributed by atoms with E-state index < -0.39 is 23.6 Å². The zero-order valence-electron chi connectivity index (χ0n) is 18.1. The van der Waals surface area contributed by atoms with Crippen LogP contribution in [0.1, 0.15) is 47.0 Å². The predicted octanol–water partition coefficient (Wildman–Crippen LogP) is 2.03. The normalized spacial score (nSPS) is 66.9. The first-order chi connectivity index (χ1) is 14.2. The Bertz CT molecular complexity index is 885. The van der Waals surface area contributed by atoms with Gasteiger partial charge in [0.2, 0.25) is 11.4 Å². The molecule has 30 heavy (non-hydrogen) atoms. The van der Waals surface area contributed by atoms with E-state index in [1.807, 2.05) is 6.92 Å². The SMILES string of the molecule is CC1=C[C@H]2[C@@H](O)[C@H](C)[C@@H](O)[C@@H]2[C@H]2[C@H]3[C@@H](C[C@@H]12)C1(C)CCC2OC(=O)[C@]34O[C@@]4(O1)[C@@H]2C. The molecule has 2 unspecified atom stereocenters. The van der Waals surface area contributed by atoms with Crippen LogP contribution in [0.15, 0.2) is 11.6 Å². The molecule has 164 valence electrons. The lowest BCUT2D eigenvalue weighted by Crippen LogP contribution is -2.63. The molecule has 0 aromatic carbocycles. The maximum atomic E-state index is 13.5. The first-order valence-electron chi connectivity index (χ1n) is 11.8. The fourth-order valence-corrected chi connectivity index (χ4v) is 9.18. The van der Waals surface area contributed by atoms with Crippen molar-refractivity contribution in [2.45, 2.75) is 82.3 Å². The van der Waals surface area contributed by atoms with Crippen molar-refractivity contribution in [1.29, 1.82) is 0 Å². The number of aliphatic hydroxyl groups excluding tert-OH is 2. The Hall–Kier alpha value is -0.950. The number of aliphatic hydroxyl groups is 2. The van der Waals surface area contributed by atoms with Crippen LogP contribution in [0.25, 0.3) is 0 Å². The number of rotatable bonds is 0. The highest BCUT2D eigenvalue weighted by molar-refractivity contribution is 5.87. The zero-order valence-corrected chi connectivity index (χ0v) is 18.1. The van der Waals surface area contributed by atoms with Gasteiger partial charge in [0.1, 0.15) is 6.10 Å². The fraction of sp³-hybridized carbons (Fsp3) is 0.875. The monoisotopic (exact) mass is 416 g/mol. The summed E-state index contributed by atoms with van der Waals surface area (Å²) in [6.07, 6.45) is 3.55. The molecule has 4 aliphatic heterocycles. The number of ether oxygens (including phenoxy) is 3. The third kappa shape index (κ3) is 1.70. The average Bonchev–Trinajstić information content (AvgIpc) is 3.15. The molecule has 4 saturated heterocycles. The predicted molar refractivity (Wildman–Crippen MR) is 105 cm³/mol. The van der Waals surface area contributed by atoms with Crippen molar-refractivity contribution in [3.63, 3.8) is 0 Å². The summed E-state index contributed by atoms with van der Waals surface area (Å²) in [6, 6.07) is 0. The third-order valence-corrected chi connectivity index (χ3v) is 10.7. The Morgan fingerprint density at radius 3 is 2.67 bits per heavy atom. The van der Waals surface area contributed by atoms with Crippen LogP contribution in [0, 0.1) is 47.3 Å². The second-order valence-electron chi connectivity index (χ2n) is 11.6. The smallest absolute Gasteiger partial charge is 0.344 e. The summed E-state index contributed by atoms with van der Waals surface area (Å²) in [5, 5.41) is 22.1. The number of hydrogen-bond acceptors (Lipinski definition) is 6. The van der Waals surface area contributed by atoms with Crippen LogP contribution in [0.4, 0.5) is 0 Å². The van der Waals surface area contributed by atoms with Crippen molar-refractivity contribution in [1.82, 2.24) is 0 Å². The molecule has 14 atom stereocenters. The molecule has 3 bridgehead atoms. The second kappa shape index (κ2) is 5.16. The lowest BCUT2D eigenvalue weighted by atomic mass is 9.60. The molecule has 2 N–H and O–H groups in total. The molecule has 1 spiro atoms. The van der Waals surface area contributed by atoms with Gasteiger partial charge in [-0.3, -0.25) is 0 Å². The van der Waals surface area contributed by atoms with Gasteiger partial charge in [-0.1, -0.05) is 25.5 Å². The van der Waals surface area contributed by atoms with Crippen molar-refractivity contribution in [2.24, 2.45) is 47.3 Å². The quantitative estimate of drug-likeness (QED) is 0.357. The minimum Gasteiger partial charge on any atom is -0.460 e. The van der Waals surface area contributed by atoms with E-state index in [4.69, 9.17) is 14.2 Å². The maximum absolute atomic E-state index is 13.5. The largest absolute Gasteiger partial charge is 0.460 e. The van der Waals surface area contributed by atoms with Crippen molar-refractivity contribution >= 4 is 5.97 Å². The molecule has 0 radical (unpaired) electrons. The van der Waals surface area contributed by atoms with Gasteiger partial charge >= 0.3 is 5.97 Å².